The van der Waals surface area contributed by atoms with Gasteiger partial charge in [-0.2, -0.15) is 0 Å². The van der Waals surface area contributed by atoms with Gasteiger partial charge >= 0.3 is 0 Å². The number of benzene rings is 1. The molecule has 2 rings (SSSR count). The van der Waals surface area contributed by atoms with Crippen LogP contribution in [0.3, 0.4) is 0 Å². The summed E-state index contributed by atoms with van der Waals surface area (Å²) in [6.07, 6.45) is 1.51. The first-order valence-electron chi connectivity index (χ1n) is 8.25. The van der Waals surface area contributed by atoms with Crippen LogP contribution in [0.15, 0.2) is 24.3 Å². The molecular weight excluding hydrogens is 258 g/mol. The minimum absolute atomic E-state index is 0.216. The van der Waals surface area contributed by atoms with Gasteiger partial charge in [-0.05, 0) is 31.7 Å². The van der Waals surface area contributed by atoms with Crippen molar-refractivity contribution < 1.29 is 4.74 Å². The van der Waals surface area contributed by atoms with Crippen molar-refractivity contribution >= 4 is 0 Å². The van der Waals surface area contributed by atoms with Crippen molar-refractivity contribution in [3.05, 3.63) is 35.4 Å². The van der Waals surface area contributed by atoms with E-state index in [1.54, 1.807) is 0 Å². The smallest absolute Gasteiger partial charge is 0.0656 e. The molecule has 21 heavy (non-hydrogen) atoms. The lowest BCUT2D eigenvalue weighted by atomic mass is 9.64. The van der Waals surface area contributed by atoms with Crippen LogP contribution < -0.4 is 5.32 Å². The van der Waals surface area contributed by atoms with Crippen molar-refractivity contribution in [3.63, 3.8) is 0 Å². The summed E-state index contributed by atoms with van der Waals surface area (Å²) < 4.78 is 6.05. The number of aryl methyl sites for hydroxylation is 1. The summed E-state index contributed by atoms with van der Waals surface area (Å²) in [5.74, 6) is 0.610. The summed E-state index contributed by atoms with van der Waals surface area (Å²) in [5, 5.41) is 3.78. The maximum Gasteiger partial charge on any atom is 0.0656 e. The van der Waals surface area contributed by atoms with E-state index in [1.165, 1.54) is 11.1 Å². The summed E-state index contributed by atoms with van der Waals surface area (Å²) in [7, 11) is 0. The van der Waals surface area contributed by atoms with Gasteiger partial charge in [-0.1, -0.05) is 57.5 Å². The van der Waals surface area contributed by atoms with Crippen molar-refractivity contribution in [2.24, 2.45) is 11.3 Å². The van der Waals surface area contributed by atoms with Gasteiger partial charge in [0.25, 0.3) is 0 Å². The van der Waals surface area contributed by atoms with Crippen LogP contribution in [-0.4, -0.2) is 18.8 Å². The maximum absolute atomic E-state index is 6.05. The van der Waals surface area contributed by atoms with Gasteiger partial charge in [0.15, 0.2) is 0 Å². The van der Waals surface area contributed by atoms with E-state index in [0.717, 1.165) is 13.0 Å². The minimum Gasteiger partial charge on any atom is -0.377 e. The quantitative estimate of drug-likeness (QED) is 0.833. The van der Waals surface area contributed by atoms with E-state index in [9.17, 15) is 0 Å². The third-order valence-electron chi connectivity index (χ3n) is 4.84. The Kier molecular flexibility index (Phi) is 5.11. The lowest BCUT2D eigenvalue weighted by Crippen LogP contribution is -2.61. The molecule has 1 aliphatic carbocycles. The lowest BCUT2D eigenvalue weighted by Gasteiger charge is -2.53. The zero-order valence-electron chi connectivity index (χ0n) is 14.4. The fraction of sp³-hybridized carbons (Fsp3) is 0.684. The van der Waals surface area contributed by atoms with Gasteiger partial charge in [-0.15, -0.1) is 0 Å². The van der Waals surface area contributed by atoms with Crippen LogP contribution in [0.1, 0.15) is 58.2 Å². The predicted molar refractivity (Wildman–Crippen MR) is 89.5 cm³/mol. The van der Waals surface area contributed by atoms with Crippen LogP contribution in [0.2, 0.25) is 0 Å². The second-order valence-corrected chi connectivity index (χ2v) is 7.62. The van der Waals surface area contributed by atoms with E-state index in [-0.39, 0.29) is 5.41 Å². The third-order valence-corrected chi connectivity index (χ3v) is 4.84. The Hall–Kier alpha value is -0.860. The molecule has 1 saturated carbocycles. The molecule has 3 atom stereocenters. The van der Waals surface area contributed by atoms with Crippen LogP contribution in [0, 0.1) is 18.3 Å². The van der Waals surface area contributed by atoms with Crippen LogP contribution in [0.4, 0.5) is 0 Å². The third kappa shape index (κ3) is 3.87. The fourth-order valence-corrected chi connectivity index (χ4v) is 3.01. The number of nitrogens with one attached hydrogen (secondary N) is 1. The molecule has 0 amide bonds. The van der Waals surface area contributed by atoms with E-state index < -0.39 is 0 Å². The molecule has 0 saturated heterocycles. The van der Waals surface area contributed by atoms with Crippen molar-refractivity contribution in [2.45, 2.75) is 66.2 Å². The molecule has 1 aliphatic rings. The van der Waals surface area contributed by atoms with Gasteiger partial charge in [-0.3, -0.25) is 0 Å². The Morgan fingerprint density at radius 3 is 2.33 bits per heavy atom. The molecule has 2 nitrogen and oxygen atoms in total. The molecule has 118 valence electrons. The SMILES string of the molecule is Cc1ccc(C(C)NC2CC(OCC(C)C)C2(C)C)cc1. The molecule has 0 aromatic heterocycles. The van der Waals surface area contributed by atoms with E-state index >= 15 is 0 Å². The normalized spacial score (nSPS) is 25.7. The summed E-state index contributed by atoms with van der Waals surface area (Å²) in [4.78, 5) is 0. The first kappa shape index (κ1) is 16.5. The van der Waals surface area contributed by atoms with Crippen LogP contribution in [0.25, 0.3) is 0 Å². The van der Waals surface area contributed by atoms with E-state index in [2.05, 4.69) is 71.1 Å². The second-order valence-electron chi connectivity index (χ2n) is 7.62. The van der Waals surface area contributed by atoms with Gasteiger partial charge in [0, 0.05) is 24.1 Å². The zero-order valence-corrected chi connectivity index (χ0v) is 14.4. The van der Waals surface area contributed by atoms with Gasteiger partial charge in [0.2, 0.25) is 0 Å². The predicted octanol–water partition coefficient (Wildman–Crippen LogP) is 4.49. The molecule has 0 spiro atoms. The Labute approximate surface area is 130 Å². The Morgan fingerprint density at radius 1 is 1.19 bits per heavy atom. The number of ether oxygens (including phenoxy) is 1. The van der Waals surface area contributed by atoms with Gasteiger partial charge < -0.3 is 10.1 Å². The highest BCUT2D eigenvalue weighted by Gasteiger charge is 2.49. The van der Waals surface area contributed by atoms with Gasteiger partial charge in [0.1, 0.15) is 0 Å². The fourth-order valence-electron chi connectivity index (χ4n) is 3.01. The zero-order chi connectivity index (χ0) is 15.6. The lowest BCUT2D eigenvalue weighted by molar-refractivity contribution is -0.125. The molecular formula is C19H31NO. The number of hydrogen-bond donors (Lipinski definition) is 1. The van der Waals surface area contributed by atoms with Crippen molar-refractivity contribution in [2.75, 3.05) is 6.61 Å². The van der Waals surface area contributed by atoms with Crippen LogP contribution >= 0.6 is 0 Å². The number of hydrogen-bond acceptors (Lipinski definition) is 2. The molecule has 2 heteroatoms. The summed E-state index contributed by atoms with van der Waals surface area (Å²) in [6.45, 7) is 14.3. The van der Waals surface area contributed by atoms with Crippen LogP contribution in [-0.2, 0) is 4.74 Å². The summed E-state index contributed by atoms with van der Waals surface area (Å²) >= 11 is 0. The largest absolute Gasteiger partial charge is 0.377 e. The molecule has 1 aromatic carbocycles. The Morgan fingerprint density at radius 2 is 1.81 bits per heavy atom. The summed E-state index contributed by atoms with van der Waals surface area (Å²) in [5.41, 5.74) is 2.90. The average Bonchev–Trinajstić information content (AvgIpc) is 2.42. The first-order chi connectivity index (χ1) is 9.80. The highest BCUT2D eigenvalue weighted by Crippen LogP contribution is 2.43. The van der Waals surface area contributed by atoms with Crippen molar-refractivity contribution in [1.82, 2.24) is 5.32 Å². The Bertz CT molecular complexity index is 449. The van der Waals surface area contributed by atoms with E-state index in [1.807, 2.05) is 0 Å². The second kappa shape index (κ2) is 6.50. The molecule has 3 unspecified atom stereocenters. The molecule has 0 bridgehead atoms. The first-order valence-corrected chi connectivity index (χ1v) is 8.25. The average molecular weight is 289 g/mol. The molecule has 1 aromatic rings. The maximum atomic E-state index is 6.05. The number of rotatable bonds is 6. The highest BCUT2D eigenvalue weighted by molar-refractivity contribution is 5.24. The molecule has 0 aliphatic heterocycles. The topological polar surface area (TPSA) is 21.3 Å². The van der Waals surface area contributed by atoms with Crippen molar-refractivity contribution in [1.29, 1.82) is 0 Å². The standard InChI is InChI=1S/C19H31NO/c1-13(2)12-21-18-11-17(19(18,5)6)20-15(4)16-9-7-14(3)8-10-16/h7-10,13,15,17-18,20H,11-12H2,1-6H3. The minimum atomic E-state index is 0.216. The molecule has 0 heterocycles. The van der Waals surface area contributed by atoms with E-state index in [0.29, 0.717) is 24.1 Å². The monoisotopic (exact) mass is 289 g/mol. The highest BCUT2D eigenvalue weighted by atomic mass is 16.5. The van der Waals surface area contributed by atoms with Crippen molar-refractivity contribution in [3.8, 4) is 0 Å². The van der Waals surface area contributed by atoms with Crippen LogP contribution in [0.5, 0.6) is 0 Å². The van der Waals surface area contributed by atoms with Gasteiger partial charge in [0.05, 0.1) is 6.10 Å². The summed E-state index contributed by atoms with van der Waals surface area (Å²) in [6, 6.07) is 9.76. The Balaban J connectivity index is 1.88. The van der Waals surface area contributed by atoms with Gasteiger partial charge in [-0.25, -0.2) is 0 Å². The molecule has 1 fully saturated rings. The molecule has 1 N–H and O–H groups in total. The van der Waals surface area contributed by atoms with E-state index in [4.69, 9.17) is 4.74 Å². The molecule has 0 radical (unpaired) electrons.